The summed E-state index contributed by atoms with van der Waals surface area (Å²) in [7, 11) is 0. The second kappa shape index (κ2) is 8.47. The Bertz CT molecular complexity index is 921. The highest BCUT2D eigenvalue weighted by Gasteiger charge is 2.22. The minimum Gasteiger partial charge on any atom is -0.454 e. The van der Waals surface area contributed by atoms with Crippen LogP contribution in [0.5, 0.6) is 0 Å². The SMILES string of the molecule is CC(=O)Nc1ccc(C(=O)COC(=O)c2cccc(N3CCCC3=O)c2)cc1. The van der Waals surface area contributed by atoms with Gasteiger partial charge in [0.1, 0.15) is 0 Å². The predicted molar refractivity (Wildman–Crippen MR) is 103 cm³/mol. The van der Waals surface area contributed by atoms with E-state index < -0.39 is 12.6 Å². The zero-order chi connectivity index (χ0) is 20.1. The van der Waals surface area contributed by atoms with Crippen molar-refractivity contribution in [3.63, 3.8) is 0 Å². The number of ether oxygens (including phenoxy) is 1. The molecule has 0 unspecified atom stereocenters. The minimum absolute atomic E-state index is 0.0309. The number of nitrogens with one attached hydrogen (secondary N) is 1. The van der Waals surface area contributed by atoms with E-state index in [1.807, 2.05) is 0 Å². The molecule has 1 heterocycles. The molecule has 7 heteroatoms. The van der Waals surface area contributed by atoms with Crippen molar-refractivity contribution in [2.45, 2.75) is 19.8 Å². The van der Waals surface area contributed by atoms with Crippen LogP contribution < -0.4 is 10.2 Å². The van der Waals surface area contributed by atoms with E-state index >= 15 is 0 Å². The Morgan fingerprint density at radius 3 is 2.46 bits per heavy atom. The summed E-state index contributed by atoms with van der Waals surface area (Å²) in [5.41, 5.74) is 1.88. The fourth-order valence-corrected chi connectivity index (χ4v) is 2.96. The Morgan fingerprint density at radius 1 is 1.07 bits per heavy atom. The van der Waals surface area contributed by atoms with Gasteiger partial charge in [0.2, 0.25) is 11.8 Å². The third-order valence-corrected chi connectivity index (χ3v) is 4.33. The number of carbonyl (C=O) groups excluding carboxylic acids is 4. The minimum atomic E-state index is -0.628. The topological polar surface area (TPSA) is 92.8 Å². The van der Waals surface area contributed by atoms with Gasteiger partial charge in [0.15, 0.2) is 12.4 Å². The molecule has 2 amide bonds. The normalized spacial score (nSPS) is 13.3. The van der Waals surface area contributed by atoms with Gasteiger partial charge in [-0.25, -0.2) is 4.79 Å². The summed E-state index contributed by atoms with van der Waals surface area (Å²) in [5, 5.41) is 2.61. The molecule has 0 aliphatic carbocycles. The van der Waals surface area contributed by atoms with E-state index in [1.165, 1.54) is 6.92 Å². The van der Waals surface area contributed by atoms with E-state index in [1.54, 1.807) is 53.4 Å². The van der Waals surface area contributed by atoms with Crippen molar-refractivity contribution in [1.29, 1.82) is 0 Å². The Hall–Kier alpha value is -3.48. The zero-order valence-electron chi connectivity index (χ0n) is 15.4. The van der Waals surface area contributed by atoms with Crippen LogP contribution in [0.4, 0.5) is 11.4 Å². The van der Waals surface area contributed by atoms with Crippen LogP contribution in [-0.2, 0) is 14.3 Å². The molecule has 0 aromatic heterocycles. The molecule has 1 fully saturated rings. The summed E-state index contributed by atoms with van der Waals surface area (Å²) in [6.45, 7) is 1.63. The average molecular weight is 380 g/mol. The maximum absolute atomic E-state index is 12.3. The van der Waals surface area contributed by atoms with Crippen molar-refractivity contribution in [2.75, 3.05) is 23.4 Å². The van der Waals surface area contributed by atoms with E-state index in [2.05, 4.69) is 5.32 Å². The molecule has 2 aromatic rings. The molecular weight excluding hydrogens is 360 g/mol. The van der Waals surface area contributed by atoms with Crippen molar-refractivity contribution in [2.24, 2.45) is 0 Å². The van der Waals surface area contributed by atoms with E-state index in [0.29, 0.717) is 29.9 Å². The molecule has 0 spiro atoms. The van der Waals surface area contributed by atoms with Crippen LogP contribution in [0.1, 0.15) is 40.5 Å². The van der Waals surface area contributed by atoms with Crippen LogP contribution in [0.15, 0.2) is 48.5 Å². The zero-order valence-corrected chi connectivity index (χ0v) is 15.4. The Balaban J connectivity index is 1.60. The average Bonchev–Trinajstić information content (AvgIpc) is 3.12. The van der Waals surface area contributed by atoms with E-state index in [-0.39, 0.29) is 23.2 Å². The van der Waals surface area contributed by atoms with Gasteiger partial charge in [0.05, 0.1) is 5.56 Å². The number of carbonyl (C=O) groups is 4. The number of nitrogens with zero attached hydrogens (tertiary/aromatic N) is 1. The lowest BCUT2D eigenvalue weighted by atomic mass is 10.1. The standard InChI is InChI=1S/C21H20N2O5/c1-14(24)22-17-9-7-15(8-10-17)19(25)13-28-21(27)16-4-2-5-18(12-16)23-11-3-6-20(23)26/h2,4-5,7-10,12H,3,6,11,13H2,1H3,(H,22,24). The number of hydrogen-bond donors (Lipinski definition) is 1. The number of rotatable bonds is 6. The first-order valence-electron chi connectivity index (χ1n) is 8.92. The summed E-state index contributed by atoms with van der Waals surface area (Å²) < 4.78 is 5.12. The van der Waals surface area contributed by atoms with Gasteiger partial charge in [0, 0.05) is 36.8 Å². The number of anilines is 2. The predicted octanol–water partition coefficient (Wildman–Crippen LogP) is 2.81. The summed E-state index contributed by atoms with van der Waals surface area (Å²) >= 11 is 0. The first kappa shape index (κ1) is 19.3. The van der Waals surface area contributed by atoms with Gasteiger partial charge in [0.25, 0.3) is 0 Å². The van der Waals surface area contributed by atoms with Crippen molar-refractivity contribution in [1.82, 2.24) is 0 Å². The maximum Gasteiger partial charge on any atom is 0.338 e. The summed E-state index contributed by atoms with van der Waals surface area (Å²) in [6, 6.07) is 12.9. The maximum atomic E-state index is 12.3. The largest absolute Gasteiger partial charge is 0.454 e. The van der Waals surface area contributed by atoms with Crippen LogP contribution >= 0.6 is 0 Å². The molecule has 1 N–H and O–H groups in total. The molecule has 0 bridgehead atoms. The third-order valence-electron chi connectivity index (χ3n) is 4.33. The molecule has 28 heavy (non-hydrogen) atoms. The van der Waals surface area contributed by atoms with Crippen molar-refractivity contribution >= 4 is 34.9 Å². The second-order valence-corrected chi connectivity index (χ2v) is 6.46. The van der Waals surface area contributed by atoms with Gasteiger partial charge in [-0.3, -0.25) is 14.4 Å². The quantitative estimate of drug-likeness (QED) is 0.614. The highest BCUT2D eigenvalue weighted by molar-refractivity contribution is 6.01. The van der Waals surface area contributed by atoms with E-state index in [9.17, 15) is 19.2 Å². The molecule has 144 valence electrons. The summed E-state index contributed by atoms with van der Waals surface area (Å²) in [4.78, 5) is 49.0. The number of benzene rings is 2. The molecule has 3 rings (SSSR count). The number of amides is 2. The summed E-state index contributed by atoms with van der Waals surface area (Å²) in [5.74, 6) is -1.15. The van der Waals surface area contributed by atoms with Crippen LogP contribution in [0.3, 0.4) is 0 Å². The monoisotopic (exact) mass is 380 g/mol. The number of hydrogen-bond acceptors (Lipinski definition) is 5. The number of ketones is 1. The lowest BCUT2D eigenvalue weighted by Crippen LogP contribution is -2.24. The van der Waals surface area contributed by atoms with Crippen LogP contribution in [0, 0.1) is 0 Å². The number of Topliss-reactive ketones (excluding diaryl/α,β-unsaturated/α-hetero) is 1. The first-order chi connectivity index (χ1) is 13.4. The fraction of sp³-hybridized carbons (Fsp3) is 0.238. The van der Waals surface area contributed by atoms with Gasteiger partial charge in [-0.15, -0.1) is 0 Å². The lowest BCUT2D eigenvalue weighted by molar-refractivity contribution is -0.117. The van der Waals surface area contributed by atoms with E-state index in [0.717, 1.165) is 6.42 Å². The van der Waals surface area contributed by atoms with Gasteiger partial charge in [-0.05, 0) is 48.9 Å². The van der Waals surface area contributed by atoms with Crippen molar-refractivity contribution < 1.29 is 23.9 Å². The Morgan fingerprint density at radius 2 is 1.82 bits per heavy atom. The molecular formula is C21H20N2O5. The summed E-state index contributed by atoms with van der Waals surface area (Å²) in [6.07, 6.45) is 1.30. The molecule has 1 saturated heterocycles. The molecule has 7 nitrogen and oxygen atoms in total. The molecule has 0 atom stereocenters. The molecule has 0 saturated carbocycles. The van der Waals surface area contributed by atoms with Gasteiger partial charge >= 0.3 is 5.97 Å². The second-order valence-electron chi connectivity index (χ2n) is 6.46. The Kier molecular flexibility index (Phi) is 5.84. The van der Waals surface area contributed by atoms with Gasteiger partial charge in [-0.1, -0.05) is 6.07 Å². The first-order valence-corrected chi connectivity index (χ1v) is 8.92. The van der Waals surface area contributed by atoms with Gasteiger partial charge in [-0.2, -0.15) is 0 Å². The molecule has 2 aromatic carbocycles. The van der Waals surface area contributed by atoms with Crippen molar-refractivity contribution in [3.8, 4) is 0 Å². The third kappa shape index (κ3) is 4.62. The van der Waals surface area contributed by atoms with Gasteiger partial charge < -0.3 is 15.0 Å². The lowest BCUT2D eigenvalue weighted by Gasteiger charge is -2.16. The van der Waals surface area contributed by atoms with Crippen LogP contribution in [0.25, 0.3) is 0 Å². The van der Waals surface area contributed by atoms with E-state index in [4.69, 9.17) is 4.74 Å². The highest BCUT2D eigenvalue weighted by atomic mass is 16.5. The number of esters is 1. The highest BCUT2D eigenvalue weighted by Crippen LogP contribution is 2.22. The molecule has 1 aliphatic heterocycles. The van der Waals surface area contributed by atoms with Crippen LogP contribution in [0.2, 0.25) is 0 Å². The molecule has 1 aliphatic rings. The molecule has 0 radical (unpaired) electrons. The van der Waals surface area contributed by atoms with Crippen molar-refractivity contribution in [3.05, 3.63) is 59.7 Å². The Labute approximate surface area is 162 Å². The smallest absolute Gasteiger partial charge is 0.338 e. The fourth-order valence-electron chi connectivity index (χ4n) is 2.96. The van der Waals surface area contributed by atoms with Crippen LogP contribution in [-0.4, -0.2) is 36.7 Å².